The molecule has 0 spiro atoms. The highest BCUT2D eigenvalue weighted by molar-refractivity contribution is 5.79. The van der Waals surface area contributed by atoms with Gasteiger partial charge in [0.15, 0.2) is 0 Å². The largest absolute Gasteiger partial charge is 0.448 e. The van der Waals surface area contributed by atoms with Gasteiger partial charge >= 0.3 is 6.09 Å². The molecule has 3 aliphatic rings. The minimum atomic E-state index is -0.587. The Kier molecular flexibility index (Phi) is 5.61. The molecule has 6 heteroatoms. The van der Waals surface area contributed by atoms with E-state index in [0.29, 0.717) is 31.6 Å². The van der Waals surface area contributed by atoms with Crippen molar-refractivity contribution in [3.05, 3.63) is 107 Å². The van der Waals surface area contributed by atoms with Crippen LogP contribution < -0.4 is 0 Å². The summed E-state index contributed by atoms with van der Waals surface area (Å²) in [5.41, 5.74) is 6.20. The van der Waals surface area contributed by atoms with E-state index in [1.807, 2.05) is 30.3 Å². The fraction of sp³-hybridized carbons (Fsp3) is 0.276. The molecule has 2 atom stereocenters. The maximum absolute atomic E-state index is 14.2. The van der Waals surface area contributed by atoms with Crippen LogP contribution in [0.25, 0.3) is 11.1 Å². The Hall–Kier alpha value is -3.51. The number of fused-ring (bicyclic) bond motifs is 5. The number of hydrogen-bond donors (Lipinski definition) is 0. The first-order valence-electron chi connectivity index (χ1n) is 11.9. The molecular formula is C29H25F2NO3. The average molecular weight is 474 g/mol. The van der Waals surface area contributed by atoms with Crippen LogP contribution in [0, 0.1) is 11.6 Å². The summed E-state index contributed by atoms with van der Waals surface area (Å²) in [6, 6.07) is 19.7. The minimum Gasteiger partial charge on any atom is -0.448 e. The van der Waals surface area contributed by atoms with Gasteiger partial charge in [0.1, 0.15) is 18.2 Å². The van der Waals surface area contributed by atoms with Gasteiger partial charge in [0.05, 0.1) is 25.3 Å². The van der Waals surface area contributed by atoms with E-state index < -0.39 is 11.6 Å². The van der Waals surface area contributed by atoms with E-state index >= 15 is 0 Å². The van der Waals surface area contributed by atoms with Gasteiger partial charge < -0.3 is 9.47 Å². The van der Waals surface area contributed by atoms with E-state index in [-0.39, 0.29) is 30.7 Å². The van der Waals surface area contributed by atoms with Crippen molar-refractivity contribution in [1.29, 1.82) is 0 Å². The van der Waals surface area contributed by atoms with E-state index in [0.717, 1.165) is 11.6 Å². The monoisotopic (exact) mass is 473 g/mol. The standard InChI is InChI=1S/C29H25F2NO3/c30-20-10-9-19(28(31)14-20)11-18-12-21-15-34-16-22(13-18)32(21)29(33)35-17-27-25-7-3-1-5-23(25)24-6-2-4-8-26(24)27/h1-10,12,14,21-22,27H,11,13,15-17H2. The molecule has 2 heterocycles. The number of halogens is 2. The number of benzene rings is 3. The van der Waals surface area contributed by atoms with Gasteiger partial charge in [0.25, 0.3) is 0 Å². The average Bonchev–Trinajstić information content (AvgIpc) is 3.17. The fourth-order valence-electron chi connectivity index (χ4n) is 5.68. The van der Waals surface area contributed by atoms with Crippen LogP contribution in [0.5, 0.6) is 0 Å². The predicted octanol–water partition coefficient (Wildman–Crippen LogP) is 5.86. The Morgan fingerprint density at radius 3 is 2.37 bits per heavy atom. The van der Waals surface area contributed by atoms with Gasteiger partial charge in [-0.25, -0.2) is 13.6 Å². The van der Waals surface area contributed by atoms with Crippen LogP contribution in [0.1, 0.15) is 29.0 Å². The summed E-state index contributed by atoms with van der Waals surface area (Å²) in [6.45, 7) is 1.04. The zero-order valence-corrected chi connectivity index (χ0v) is 19.1. The second-order valence-electron chi connectivity index (χ2n) is 9.41. The number of morpholine rings is 1. The molecule has 0 saturated carbocycles. The molecule has 2 aliphatic heterocycles. The molecule has 3 aromatic carbocycles. The number of nitrogens with zero attached hydrogens (tertiary/aromatic N) is 1. The number of amides is 1. The molecule has 1 amide bonds. The predicted molar refractivity (Wildman–Crippen MR) is 128 cm³/mol. The molecule has 0 aromatic heterocycles. The second-order valence-corrected chi connectivity index (χ2v) is 9.41. The third kappa shape index (κ3) is 4.02. The van der Waals surface area contributed by atoms with Gasteiger partial charge in [-0.1, -0.05) is 66.2 Å². The molecule has 1 saturated heterocycles. The van der Waals surface area contributed by atoms with E-state index in [2.05, 4.69) is 24.3 Å². The Balaban J connectivity index is 1.18. The van der Waals surface area contributed by atoms with Crippen molar-refractivity contribution in [3.8, 4) is 11.1 Å². The third-order valence-corrected chi connectivity index (χ3v) is 7.25. The molecule has 3 aromatic rings. The van der Waals surface area contributed by atoms with Crippen molar-refractivity contribution < 1.29 is 23.0 Å². The fourth-order valence-corrected chi connectivity index (χ4v) is 5.68. The summed E-state index contributed by atoms with van der Waals surface area (Å²) < 4.78 is 39.1. The normalized spacial score (nSPS) is 20.7. The number of carbonyl (C=O) groups is 1. The Morgan fingerprint density at radius 2 is 1.69 bits per heavy atom. The number of carbonyl (C=O) groups excluding carboxylic acids is 1. The molecule has 1 aliphatic carbocycles. The number of ether oxygens (including phenoxy) is 2. The van der Waals surface area contributed by atoms with Crippen molar-refractivity contribution in [2.45, 2.75) is 30.8 Å². The summed E-state index contributed by atoms with van der Waals surface area (Å²) in [5, 5.41) is 0. The van der Waals surface area contributed by atoms with E-state index in [1.54, 1.807) is 4.90 Å². The SMILES string of the molecule is O=C(OCC1c2ccccc2-c2ccccc21)N1C2C=C(Cc3ccc(F)cc3F)CC1COC2. The van der Waals surface area contributed by atoms with Gasteiger partial charge in [0, 0.05) is 12.0 Å². The van der Waals surface area contributed by atoms with Crippen LogP contribution in [-0.4, -0.2) is 42.9 Å². The zero-order valence-electron chi connectivity index (χ0n) is 19.1. The van der Waals surface area contributed by atoms with Gasteiger partial charge in [-0.3, -0.25) is 4.90 Å². The maximum Gasteiger partial charge on any atom is 0.410 e. The van der Waals surface area contributed by atoms with Crippen LogP contribution in [0.2, 0.25) is 0 Å². The van der Waals surface area contributed by atoms with Gasteiger partial charge in [-0.05, 0) is 46.7 Å². The summed E-state index contributed by atoms with van der Waals surface area (Å²) in [4.78, 5) is 15.0. The number of rotatable bonds is 4. The lowest BCUT2D eigenvalue weighted by atomic mass is 9.90. The molecule has 178 valence electrons. The van der Waals surface area contributed by atoms with Crippen molar-refractivity contribution in [2.24, 2.45) is 0 Å². The van der Waals surface area contributed by atoms with Crippen molar-refractivity contribution in [2.75, 3.05) is 19.8 Å². The number of hydrogen-bond acceptors (Lipinski definition) is 3. The summed E-state index contributed by atoms with van der Waals surface area (Å²) in [6.07, 6.45) is 2.57. The third-order valence-electron chi connectivity index (χ3n) is 7.25. The molecular weight excluding hydrogens is 448 g/mol. The van der Waals surface area contributed by atoms with E-state index in [4.69, 9.17) is 9.47 Å². The highest BCUT2D eigenvalue weighted by Gasteiger charge is 2.39. The van der Waals surface area contributed by atoms with Gasteiger partial charge in [-0.2, -0.15) is 0 Å². The molecule has 2 bridgehead atoms. The summed E-state index contributed by atoms with van der Waals surface area (Å²) in [5.74, 6) is -1.14. The quantitative estimate of drug-likeness (QED) is 0.446. The van der Waals surface area contributed by atoms with Gasteiger partial charge in [0.2, 0.25) is 0 Å². The molecule has 1 fully saturated rings. The smallest absolute Gasteiger partial charge is 0.410 e. The highest BCUT2D eigenvalue weighted by Crippen LogP contribution is 2.44. The van der Waals surface area contributed by atoms with Gasteiger partial charge in [-0.15, -0.1) is 0 Å². The first-order valence-corrected chi connectivity index (χ1v) is 11.9. The molecule has 2 unspecified atom stereocenters. The molecule has 0 radical (unpaired) electrons. The lowest BCUT2D eigenvalue weighted by Gasteiger charge is -2.44. The van der Waals surface area contributed by atoms with E-state index in [9.17, 15) is 13.6 Å². The molecule has 4 nitrogen and oxygen atoms in total. The lowest BCUT2D eigenvalue weighted by Crippen LogP contribution is -2.56. The molecule has 6 rings (SSSR count). The van der Waals surface area contributed by atoms with Crippen molar-refractivity contribution >= 4 is 6.09 Å². The Labute approximate surface area is 202 Å². The van der Waals surface area contributed by atoms with Crippen molar-refractivity contribution in [3.63, 3.8) is 0 Å². The van der Waals surface area contributed by atoms with Crippen LogP contribution in [0.15, 0.2) is 78.4 Å². The Morgan fingerprint density at radius 1 is 0.971 bits per heavy atom. The highest BCUT2D eigenvalue weighted by atomic mass is 19.1. The first kappa shape index (κ1) is 22.0. The molecule has 0 N–H and O–H groups in total. The molecule has 35 heavy (non-hydrogen) atoms. The maximum atomic E-state index is 14.2. The lowest BCUT2D eigenvalue weighted by molar-refractivity contribution is -0.0364. The minimum absolute atomic E-state index is 0.000199. The first-order chi connectivity index (χ1) is 17.1. The zero-order chi connectivity index (χ0) is 23.9. The topological polar surface area (TPSA) is 38.8 Å². The van der Waals surface area contributed by atoms with Crippen LogP contribution in [-0.2, 0) is 15.9 Å². The summed E-state index contributed by atoms with van der Waals surface area (Å²) in [7, 11) is 0. The Bertz CT molecular complexity index is 1280. The van der Waals surface area contributed by atoms with E-state index in [1.165, 1.54) is 34.4 Å². The summed E-state index contributed by atoms with van der Waals surface area (Å²) >= 11 is 0. The van der Waals surface area contributed by atoms with Crippen LogP contribution >= 0.6 is 0 Å². The second kappa shape index (κ2) is 8.93. The van der Waals surface area contributed by atoms with Crippen LogP contribution in [0.4, 0.5) is 13.6 Å². The van der Waals surface area contributed by atoms with Crippen molar-refractivity contribution in [1.82, 2.24) is 4.90 Å². The van der Waals surface area contributed by atoms with Crippen LogP contribution in [0.3, 0.4) is 0 Å².